The maximum Gasteiger partial charge on any atom is 0.160 e. The molecule has 3 rings (SSSR count). The number of Topliss-reactive ketones (excluding diaryl/α,β-unsaturated/α-hetero) is 1. The molecule has 0 radical (unpaired) electrons. The second-order valence-electron chi connectivity index (χ2n) is 9.30. The Labute approximate surface area is 193 Å². The highest BCUT2D eigenvalue weighted by atomic mass is 16.5. The van der Waals surface area contributed by atoms with E-state index in [1.54, 1.807) is 14.2 Å². The first-order valence-electron chi connectivity index (χ1n) is 12.0. The van der Waals surface area contributed by atoms with Gasteiger partial charge in [0.15, 0.2) is 11.5 Å². The summed E-state index contributed by atoms with van der Waals surface area (Å²) in [5.74, 6) is 2.20. The molecule has 0 heterocycles. The van der Waals surface area contributed by atoms with Gasteiger partial charge in [0, 0.05) is 12.8 Å². The second kappa shape index (κ2) is 12.1. The summed E-state index contributed by atoms with van der Waals surface area (Å²) >= 11 is 0. The van der Waals surface area contributed by atoms with Crippen molar-refractivity contribution >= 4 is 5.78 Å². The van der Waals surface area contributed by atoms with Crippen LogP contribution in [0.5, 0.6) is 11.5 Å². The van der Waals surface area contributed by atoms with Gasteiger partial charge in [-0.05, 0) is 74.1 Å². The van der Waals surface area contributed by atoms with Crippen LogP contribution in [-0.2, 0) is 17.6 Å². The largest absolute Gasteiger partial charge is 0.493 e. The zero-order valence-corrected chi connectivity index (χ0v) is 19.6. The van der Waals surface area contributed by atoms with Crippen LogP contribution in [0.1, 0.15) is 68.9 Å². The lowest BCUT2D eigenvalue weighted by molar-refractivity contribution is -0.125. The Morgan fingerprint density at radius 3 is 2.34 bits per heavy atom. The van der Waals surface area contributed by atoms with Gasteiger partial charge in [-0.15, -0.1) is 0 Å². The number of aliphatic hydroxyl groups is 1. The predicted molar refractivity (Wildman–Crippen MR) is 128 cm³/mol. The summed E-state index contributed by atoms with van der Waals surface area (Å²) < 4.78 is 10.6. The van der Waals surface area contributed by atoms with E-state index < -0.39 is 5.60 Å². The minimum absolute atomic E-state index is 0.142. The fourth-order valence-corrected chi connectivity index (χ4v) is 4.86. The highest BCUT2D eigenvalue weighted by Crippen LogP contribution is 2.37. The van der Waals surface area contributed by atoms with Gasteiger partial charge in [0.2, 0.25) is 0 Å². The Hall–Kier alpha value is -2.33. The summed E-state index contributed by atoms with van der Waals surface area (Å²) in [6, 6.07) is 16.4. The van der Waals surface area contributed by atoms with E-state index in [4.69, 9.17) is 9.47 Å². The average Bonchev–Trinajstić information content (AvgIpc) is 2.82. The van der Waals surface area contributed by atoms with Crippen molar-refractivity contribution in [2.75, 3.05) is 14.2 Å². The van der Waals surface area contributed by atoms with Crippen molar-refractivity contribution in [3.8, 4) is 11.5 Å². The van der Waals surface area contributed by atoms with Crippen LogP contribution in [0.25, 0.3) is 0 Å². The van der Waals surface area contributed by atoms with Crippen molar-refractivity contribution in [2.45, 2.75) is 76.2 Å². The minimum atomic E-state index is -0.810. The SMILES string of the molecule is COc1ccc(CCC(=O)CC2(O)CCC(CCCCc3ccccc3)CC2)cc1OC. The monoisotopic (exact) mass is 438 g/mol. The quantitative estimate of drug-likeness (QED) is 0.417. The molecule has 2 aromatic carbocycles. The summed E-state index contributed by atoms with van der Waals surface area (Å²) in [6.07, 6.45) is 9.78. The summed E-state index contributed by atoms with van der Waals surface area (Å²) in [5.41, 5.74) is 1.65. The molecular formula is C28H38O4. The average molecular weight is 439 g/mol. The standard InChI is InChI=1S/C28H38O4/c1-31-26-15-13-24(20-27(26)32-2)12-14-25(29)21-28(30)18-16-23(17-19-28)11-7-6-10-22-8-4-3-5-9-22/h3-5,8-9,13,15,20,23,30H,6-7,10-12,14,16-19,21H2,1-2H3. The number of hydrogen-bond acceptors (Lipinski definition) is 4. The molecule has 0 spiro atoms. The summed E-state index contributed by atoms with van der Waals surface area (Å²) in [4.78, 5) is 12.6. The molecule has 1 N–H and O–H groups in total. The zero-order valence-electron chi connectivity index (χ0n) is 19.6. The minimum Gasteiger partial charge on any atom is -0.493 e. The van der Waals surface area contributed by atoms with E-state index in [1.807, 2.05) is 18.2 Å². The highest BCUT2D eigenvalue weighted by Gasteiger charge is 2.34. The van der Waals surface area contributed by atoms with E-state index in [0.717, 1.165) is 37.7 Å². The van der Waals surface area contributed by atoms with Crippen molar-refractivity contribution in [1.29, 1.82) is 0 Å². The van der Waals surface area contributed by atoms with E-state index in [-0.39, 0.29) is 12.2 Å². The first-order valence-corrected chi connectivity index (χ1v) is 12.0. The van der Waals surface area contributed by atoms with Gasteiger partial charge >= 0.3 is 0 Å². The number of aryl methyl sites for hydroxylation is 2. The van der Waals surface area contributed by atoms with Crippen LogP contribution in [0.4, 0.5) is 0 Å². The van der Waals surface area contributed by atoms with Crippen LogP contribution < -0.4 is 9.47 Å². The van der Waals surface area contributed by atoms with E-state index >= 15 is 0 Å². The van der Waals surface area contributed by atoms with Gasteiger partial charge in [0.25, 0.3) is 0 Å². The van der Waals surface area contributed by atoms with Gasteiger partial charge in [0.05, 0.1) is 19.8 Å². The topological polar surface area (TPSA) is 55.8 Å². The van der Waals surface area contributed by atoms with Gasteiger partial charge in [-0.1, -0.05) is 49.2 Å². The van der Waals surface area contributed by atoms with E-state index in [2.05, 4.69) is 30.3 Å². The molecule has 1 saturated carbocycles. The Bertz CT molecular complexity index is 838. The lowest BCUT2D eigenvalue weighted by Gasteiger charge is -2.35. The smallest absolute Gasteiger partial charge is 0.160 e. The van der Waals surface area contributed by atoms with E-state index in [1.165, 1.54) is 24.8 Å². The van der Waals surface area contributed by atoms with Crippen molar-refractivity contribution in [2.24, 2.45) is 5.92 Å². The van der Waals surface area contributed by atoms with Crippen LogP contribution in [0, 0.1) is 5.92 Å². The summed E-state index contributed by atoms with van der Waals surface area (Å²) in [6.45, 7) is 0. The van der Waals surface area contributed by atoms with Gasteiger partial charge in [-0.25, -0.2) is 0 Å². The molecule has 32 heavy (non-hydrogen) atoms. The summed E-state index contributed by atoms with van der Waals surface area (Å²) in [7, 11) is 3.23. The fraction of sp³-hybridized carbons (Fsp3) is 0.536. The second-order valence-corrected chi connectivity index (χ2v) is 9.30. The first kappa shape index (κ1) is 24.3. The molecule has 1 fully saturated rings. The van der Waals surface area contributed by atoms with Crippen molar-refractivity contribution < 1.29 is 19.4 Å². The van der Waals surface area contributed by atoms with Crippen LogP contribution in [0.2, 0.25) is 0 Å². The molecule has 0 saturated heterocycles. The van der Waals surface area contributed by atoms with Crippen LogP contribution >= 0.6 is 0 Å². The molecule has 0 aliphatic heterocycles. The third-order valence-corrected chi connectivity index (χ3v) is 6.87. The number of hydrogen-bond donors (Lipinski definition) is 1. The maximum atomic E-state index is 12.6. The van der Waals surface area contributed by atoms with Gasteiger partial charge < -0.3 is 14.6 Å². The zero-order chi connectivity index (χ0) is 22.8. The Kier molecular flexibility index (Phi) is 9.16. The van der Waals surface area contributed by atoms with E-state index in [9.17, 15) is 9.90 Å². The lowest BCUT2D eigenvalue weighted by atomic mass is 9.74. The third kappa shape index (κ3) is 7.37. The Morgan fingerprint density at radius 2 is 1.66 bits per heavy atom. The number of ether oxygens (including phenoxy) is 2. The molecule has 1 aliphatic carbocycles. The van der Waals surface area contributed by atoms with Crippen molar-refractivity contribution in [3.63, 3.8) is 0 Å². The molecule has 1 aliphatic rings. The number of rotatable bonds is 12. The molecule has 0 aromatic heterocycles. The number of methoxy groups -OCH3 is 2. The molecule has 4 nitrogen and oxygen atoms in total. The van der Waals surface area contributed by atoms with Crippen molar-refractivity contribution in [1.82, 2.24) is 0 Å². The van der Waals surface area contributed by atoms with Gasteiger partial charge in [-0.3, -0.25) is 4.79 Å². The maximum absolute atomic E-state index is 12.6. The Morgan fingerprint density at radius 1 is 0.938 bits per heavy atom. The van der Waals surface area contributed by atoms with E-state index in [0.29, 0.717) is 30.3 Å². The molecular weight excluding hydrogens is 400 g/mol. The van der Waals surface area contributed by atoms with Crippen LogP contribution in [0.3, 0.4) is 0 Å². The molecule has 0 bridgehead atoms. The number of ketones is 1. The number of carbonyl (C=O) groups is 1. The van der Waals surface area contributed by atoms with Gasteiger partial charge in [0.1, 0.15) is 5.78 Å². The molecule has 0 atom stereocenters. The van der Waals surface area contributed by atoms with Gasteiger partial charge in [-0.2, -0.15) is 0 Å². The highest BCUT2D eigenvalue weighted by molar-refractivity contribution is 5.79. The molecule has 2 aromatic rings. The molecule has 174 valence electrons. The number of benzene rings is 2. The molecule has 0 unspecified atom stereocenters. The lowest BCUT2D eigenvalue weighted by Crippen LogP contribution is -2.36. The fourth-order valence-electron chi connectivity index (χ4n) is 4.86. The van der Waals surface area contributed by atoms with Crippen molar-refractivity contribution in [3.05, 3.63) is 59.7 Å². The molecule has 4 heteroatoms. The Balaban J connectivity index is 1.35. The predicted octanol–water partition coefficient (Wildman–Crippen LogP) is 5.93. The molecule has 0 amide bonds. The number of unbranched alkanes of at least 4 members (excludes halogenated alkanes) is 1. The number of carbonyl (C=O) groups excluding carboxylic acids is 1. The van der Waals surface area contributed by atoms with Crippen LogP contribution in [-0.4, -0.2) is 30.7 Å². The third-order valence-electron chi connectivity index (χ3n) is 6.87. The first-order chi connectivity index (χ1) is 15.5. The van der Waals surface area contributed by atoms with Crippen LogP contribution in [0.15, 0.2) is 48.5 Å². The summed E-state index contributed by atoms with van der Waals surface area (Å²) in [5, 5.41) is 11.0. The normalized spacial score (nSPS) is 20.7.